The molecule has 0 aliphatic rings. The zero-order chi connectivity index (χ0) is 9.97. The standard InChI is InChI=1S/C10H6I2S2/c11-7-3-5-13-9(7)1-2-10-8(12)4-6-14-10/h1-6H/b2-1-. The predicted molar refractivity (Wildman–Crippen MR) is 83.0 cm³/mol. The van der Waals surface area contributed by atoms with Gasteiger partial charge in [-0.25, -0.2) is 0 Å². The van der Waals surface area contributed by atoms with E-state index in [-0.39, 0.29) is 0 Å². The fraction of sp³-hybridized carbons (Fsp3) is 0. The number of hydrogen-bond donors (Lipinski definition) is 0. The lowest BCUT2D eigenvalue weighted by Gasteiger charge is -1.89. The van der Waals surface area contributed by atoms with Gasteiger partial charge in [0, 0.05) is 16.9 Å². The van der Waals surface area contributed by atoms with Gasteiger partial charge in [0.1, 0.15) is 0 Å². The molecule has 0 amide bonds. The number of hydrogen-bond acceptors (Lipinski definition) is 2. The van der Waals surface area contributed by atoms with Crippen LogP contribution in [0.1, 0.15) is 9.75 Å². The number of rotatable bonds is 2. The second-order valence-corrected chi connectivity index (χ2v) is 6.82. The van der Waals surface area contributed by atoms with Crippen molar-refractivity contribution in [1.29, 1.82) is 0 Å². The minimum absolute atomic E-state index is 1.33. The molecule has 4 heteroatoms. The Morgan fingerprint density at radius 1 is 0.857 bits per heavy atom. The van der Waals surface area contributed by atoms with E-state index < -0.39 is 0 Å². The molecule has 0 radical (unpaired) electrons. The molecule has 0 saturated carbocycles. The summed E-state index contributed by atoms with van der Waals surface area (Å²) in [5, 5.41) is 4.25. The molecule has 0 N–H and O–H groups in total. The van der Waals surface area contributed by atoms with E-state index in [1.54, 1.807) is 22.7 Å². The molecule has 0 atom stereocenters. The van der Waals surface area contributed by atoms with Crippen LogP contribution in [-0.4, -0.2) is 0 Å². The molecule has 2 rings (SSSR count). The fourth-order valence-corrected chi connectivity index (χ4v) is 4.33. The second-order valence-electron chi connectivity index (χ2n) is 2.60. The minimum atomic E-state index is 1.33. The summed E-state index contributed by atoms with van der Waals surface area (Å²) in [6.45, 7) is 0. The van der Waals surface area contributed by atoms with E-state index in [1.807, 2.05) is 0 Å². The van der Waals surface area contributed by atoms with Gasteiger partial charge in [-0.1, -0.05) is 0 Å². The van der Waals surface area contributed by atoms with Crippen molar-refractivity contribution in [2.45, 2.75) is 0 Å². The summed E-state index contributed by atoms with van der Waals surface area (Å²) in [6, 6.07) is 4.29. The molecule has 0 nitrogen and oxygen atoms in total. The molecule has 0 aliphatic carbocycles. The largest absolute Gasteiger partial charge is 0.143 e. The molecule has 0 fully saturated rings. The number of halogens is 2. The maximum absolute atomic E-state index is 2.37. The lowest BCUT2D eigenvalue weighted by atomic mass is 10.4. The molecule has 0 aliphatic heterocycles. The Morgan fingerprint density at radius 2 is 1.29 bits per heavy atom. The van der Waals surface area contributed by atoms with Gasteiger partial charge in [0.05, 0.1) is 0 Å². The van der Waals surface area contributed by atoms with Gasteiger partial charge >= 0.3 is 0 Å². The smallest absolute Gasteiger partial charge is 0.0404 e. The van der Waals surface area contributed by atoms with Crippen molar-refractivity contribution < 1.29 is 0 Å². The molecule has 0 unspecified atom stereocenters. The first-order valence-electron chi connectivity index (χ1n) is 3.91. The van der Waals surface area contributed by atoms with Crippen molar-refractivity contribution in [3.8, 4) is 0 Å². The van der Waals surface area contributed by atoms with E-state index in [1.165, 1.54) is 16.9 Å². The molecule has 2 heterocycles. The summed E-state index contributed by atoms with van der Waals surface area (Å²) >= 11 is 8.30. The first-order valence-corrected chi connectivity index (χ1v) is 7.83. The van der Waals surface area contributed by atoms with Crippen molar-refractivity contribution in [1.82, 2.24) is 0 Å². The maximum Gasteiger partial charge on any atom is 0.0404 e. The van der Waals surface area contributed by atoms with Crippen LogP contribution in [0.4, 0.5) is 0 Å². The fourth-order valence-electron chi connectivity index (χ4n) is 1.00. The topological polar surface area (TPSA) is 0 Å². The van der Waals surface area contributed by atoms with Gasteiger partial charge in [-0.15, -0.1) is 22.7 Å². The predicted octanol–water partition coefficient (Wildman–Crippen LogP) is 5.19. The third kappa shape index (κ3) is 2.59. The van der Waals surface area contributed by atoms with E-state index >= 15 is 0 Å². The van der Waals surface area contributed by atoms with Gasteiger partial charge in [-0.2, -0.15) is 0 Å². The normalized spacial score (nSPS) is 11.3. The summed E-state index contributed by atoms with van der Waals surface area (Å²) in [4.78, 5) is 2.68. The van der Waals surface area contributed by atoms with Crippen molar-refractivity contribution in [2.24, 2.45) is 0 Å². The van der Waals surface area contributed by atoms with Crippen LogP contribution < -0.4 is 0 Å². The molecular formula is C10H6I2S2. The van der Waals surface area contributed by atoms with Gasteiger partial charge in [0.2, 0.25) is 0 Å². The van der Waals surface area contributed by atoms with Gasteiger partial charge in [0.25, 0.3) is 0 Å². The third-order valence-corrected chi connectivity index (χ3v) is 6.05. The Kier molecular flexibility index (Phi) is 4.03. The molecule has 14 heavy (non-hydrogen) atoms. The average Bonchev–Trinajstić information content (AvgIpc) is 2.72. The van der Waals surface area contributed by atoms with Gasteiger partial charge in [-0.3, -0.25) is 0 Å². The quantitative estimate of drug-likeness (QED) is 0.560. The maximum atomic E-state index is 2.37. The monoisotopic (exact) mass is 444 g/mol. The Morgan fingerprint density at radius 3 is 1.57 bits per heavy atom. The van der Waals surface area contributed by atoms with Gasteiger partial charge in [-0.05, 0) is 80.2 Å². The van der Waals surface area contributed by atoms with Crippen molar-refractivity contribution in [2.75, 3.05) is 0 Å². The molecule has 2 aromatic rings. The van der Waals surface area contributed by atoms with Crippen molar-refractivity contribution in [3.05, 3.63) is 39.8 Å². The number of thiophene rings is 2. The average molecular weight is 444 g/mol. The first-order chi connectivity index (χ1) is 6.77. The molecule has 0 saturated heterocycles. The summed E-state index contributed by atoms with van der Waals surface area (Å²) in [7, 11) is 0. The highest BCUT2D eigenvalue weighted by Gasteiger charge is 1.98. The lowest BCUT2D eigenvalue weighted by Crippen LogP contribution is -1.68. The van der Waals surface area contributed by atoms with Gasteiger partial charge < -0.3 is 0 Å². The Hall–Kier alpha value is 0.600. The highest BCUT2D eigenvalue weighted by atomic mass is 127. The summed E-state index contributed by atoms with van der Waals surface area (Å²) in [5.74, 6) is 0. The summed E-state index contributed by atoms with van der Waals surface area (Å²) < 4.78 is 2.66. The van der Waals surface area contributed by atoms with Crippen LogP contribution in [0.2, 0.25) is 0 Å². The first kappa shape index (κ1) is 11.1. The van der Waals surface area contributed by atoms with Crippen molar-refractivity contribution >= 4 is 80.0 Å². The zero-order valence-corrected chi connectivity index (χ0v) is 13.0. The third-order valence-electron chi connectivity index (χ3n) is 1.68. The Bertz CT molecular complexity index is 412. The Balaban J connectivity index is 2.23. The van der Waals surface area contributed by atoms with Gasteiger partial charge in [0.15, 0.2) is 0 Å². The molecule has 2 aromatic heterocycles. The van der Waals surface area contributed by atoms with E-state index in [4.69, 9.17) is 0 Å². The highest BCUT2D eigenvalue weighted by Crippen LogP contribution is 2.24. The van der Waals surface area contributed by atoms with Crippen molar-refractivity contribution in [3.63, 3.8) is 0 Å². The molecule has 0 bridgehead atoms. The van der Waals surface area contributed by atoms with Crippen LogP contribution in [0, 0.1) is 7.14 Å². The van der Waals surface area contributed by atoms with Crippen LogP contribution in [0.5, 0.6) is 0 Å². The lowest BCUT2D eigenvalue weighted by molar-refractivity contribution is 1.81. The van der Waals surface area contributed by atoms with E-state index in [9.17, 15) is 0 Å². The van der Waals surface area contributed by atoms with E-state index in [0.29, 0.717) is 0 Å². The SMILES string of the molecule is Ic1ccsc1/C=C\c1sccc1I. The van der Waals surface area contributed by atoms with Crippen LogP contribution in [-0.2, 0) is 0 Å². The van der Waals surface area contributed by atoms with E-state index in [2.05, 4.69) is 80.2 Å². The van der Waals surface area contributed by atoms with Crippen LogP contribution in [0.15, 0.2) is 22.9 Å². The highest BCUT2D eigenvalue weighted by molar-refractivity contribution is 14.1. The second kappa shape index (κ2) is 5.09. The van der Waals surface area contributed by atoms with Crippen LogP contribution in [0.3, 0.4) is 0 Å². The molecule has 0 aromatic carbocycles. The Labute approximate surface area is 118 Å². The minimum Gasteiger partial charge on any atom is -0.143 e. The molecular weight excluding hydrogens is 438 g/mol. The summed E-state index contributed by atoms with van der Waals surface area (Å²) in [5.41, 5.74) is 0. The molecule has 72 valence electrons. The van der Waals surface area contributed by atoms with E-state index in [0.717, 1.165) is 0 Å². The zero-order valence-electron chi connectivity index (χ0n) is 7.04. The van der Waals surface area contributed by atoms with Crippen LogP contribution >= 0.6 is 67.9 Å². The molecule has 0 spiro atoms. The summed E-state index contributed by atoms with van der Waals surface area (Å²) in [6.07, 6.45) is 4.39. The van der Waals surface area contributed by atoms with Crippen LogP contribution in [0.25, 0.3) is 12.2 Å².